The Bertz CT molecular complexity index is 479. The van der Waals surface area contributed by atoms with Crippen molar-refractivity contribution in [2.24, 2.45) is 5.92 Å². The highest BCUT2D eigenvalue weighted by Crippen LogP contribution is 2.31. The summed E-state index contributed by atoms with van der Waals surface area (Å²) in [6, 6.07) is 4.69. The molecule has 3 nitrogen and oxygen atoms in total. The lowest BCUT2D eigenvalue weighted by atomic mass is 10.0. The second-order valence-electron chi connectivity index (χ2n) is 5.12. The molecule has 116 valence electrons. The Kier molecular flexibility index (Phi) is 4.88. The predicted molar refractivity (Wildman–Crippen MR) is 73.0 cm³/mol. The number of anilines is 1. The van der Waals surface area contributed by atoms with Gasteiger partial charge in [-0.3, -0.25) is 4.79 Å². The lowest BCUT2D eigenvalue weighted by Gasteiger charge is -2.23. The van der Waals surface area contributed by atoms with Crippen LogP contribution < -0.4 is 4.90 Å². The summed E-state index contributed by atoms with van der Waals surface area (Å²) in [6.45, 7) is 3.49. The molecule has 0 aromatic heterocycles. The molecule has 0 N–H and O–H groups in total. The summed E-state index contributed by atoms with van der Waals surface area (Å²) in [5.41, 5.74) is -0.214. The Morgan fingerprint density at radius 3 is 2.48 bits per heavy atom. The summed E-state index contributed by atoms with van der Waals surface area (Å²) in [5.74, 6) is 0.133. The molecule has 1 saturated heterocycles. The van der Waals surface area contributed by atoms with Crippen molar-refractivity contribution in [3.05, 3.63) is 29.8 Å². The smallest absolute Gasteiger partial charge is 0.381 e. The van der Waals surface area contributed by atoms with Gasteiger partial charge in [0.2, 0.25) is 5.91 Å². The number of hydrogen-bond acceptors (Lipinski definition) is 2. The van der Waals surface area contributed by atoms with E-state index in [1.165, 1.54) is 17.0 Å². The van der Waals surface area contributed by atoms with Gasteiger partial charge in [0, 0.05) is 31.9 Å². The van der Waals surface area contributed by atoms with E-state index in [2.05, 4.69) is 0 Å². The summed E-state index contributed by atoms with van der Waals surface area (Å²) in [4.78, 5) is 13.8. The molecule has 0 radical (unpaired) electrons. The first-order chi connectivity index (χ1) is 9.91. The summed E-state index contributed by atoms with van der Waals surface area (Å²) >= 11 is 0. The topological polar surface area (TPSA) is 29.5 Å². The van der Waals surface area contributed by atoms with E-state index in [0.717, 1.165) is 18.6 Å². The lowest BCUT2D eigenvalue weighted by Crippen LogP contribution is -2.32. The summed E-state index contributed by atoms with van der Waals surface area (Å²) in [6.07, 6.45) is -3.13. The largest absolute Gasteiger partial charge is 0.416 e. The number of nitrogens with zero attached hydrogens (tertiary/aromatic N) is 1. The maximum Gasteiger partial charge on any atom is 0.416 e. The van der Waals surface area contributed by atoms with Crippen molar-refractivity contribution < 1.29 is 22.7 Å². The zero-order valence-electron chi connectivity index (χ0n) is 11.8. The van der Waals surface area contributed by atoms with Gasteiger partial charge >= 0.3 is 6.18 Å². The number of benzene rings is 1. The minimum absolute atomic E-state index is 0.0761. The van der Waals surface area contributed by atoms with Crippen molar-refractivity contribution in [2.75, 3.05) is 24.7 Å². The molecule has 1 aliphatic rings. The SMILES string of the molecule is CCN(C(=O)C[C@@H]1CCOC1)c1ccc(C(F)(F)F)cc1. The van der Waals surface area contributed by atoms with E-state index in [0.29, 0.717) is 31.9 Å². The Morgan fingerprint density at radius 1 is 1.33 bits per heavy atom. The number of halogens is 3. The van der Waals surface area contributed by atoms with Gasteiger partial charge in [-0.25, -0.2) is 0 Å². The van der Waals surface area contributed by atoms with Gasteiger partial charge in [0.15, 0.2) is 0 Å². The molecule has 0 spiro atoms. The van der Waals surface area contributed by atoms with E-state index in [-0.39, 0.29) is 11.8 Å². The number of rotatable bonds is 4. The number of hydrogen-bond donors (Lipinski definition) is 0. The fourth-order valence-corrected chi connectivity index (χ4v) is 2.43. The van der Waals surface area contributed by atoms with Gasteiger partial charge in [0.05, 0.1) is 5.56 Å². The highest BCUT2D eigenvalue weighted by Gasteiger charge is 2.30. The fourth-order valence-electron chi connectivity index (χ4n) is 2.43. The van der Waals surface area contributed by atoms with Crippen LogP contribution in [0.1, 0.15) is 25.3 Å². The summed E-state index contributed by atoms with van der Waals surface area (Å²) in [5, 5.41) is 0. The van der Waals surface area contributed by atoms with Crippen LogP contribution in [-0.4, -0.2) is 25.7 Å². The lowest BCUT2D eigenvalue weighted by molar-refractivity contribution is -0.137. The van der Waals surface area contributed by atoms with E-state index in [4.69, 9.17) is 4.74 Å². The zero-order chi connectivity index (χ0) is 15.5. The number of alkyl halides is 3. The average molecular weight is 301 g/mol. The zero-order valence-corrected chi connectivity index (χ0v) is 11.8. The number of carbonyl (C=O) groups excluding carboxylic acids is 1. The molecule has 1 atom stereocenters. The first-order valence-electron chi connectivity index (χ1n) is 6.97. The molecule has 0 aliphatic carbocycles. The minimum Gasteiger partial charge on any atom is -0.381 e. The normalized spacial score (nSPS) is 18.8. The van der Waals surface area contributed by atoms with E-state index >= 15 is 0 Å². The summed E-state index contributed by atoms with van der Waals surface area (Å²) in [7, 11) is 0. The molecule has 1 aliphatic heterocycles. The van der Waals surface area contributed by atoms with E-state index in [9.17, 15) is 18.0 Å². The van der Waals surface area contributed by atoms with Gasteiger partial charge < -0.3 is 9.64 Å². The van der Waals surface area contributed by atoms with Crippen LogP contribution in [0.15, 0.2) is 24.3 Å². The third-order valence-electron chi connectivity index (χ3n) is 3.61. The van der Waals surface area contributed by atoms with Crippen molar-refractivity contribution in [2.45, 2.75) is 25.9 Å². The monoisotopic (exact) mass is 301 g/mol. The molecule has 1 heterocycles. The number of amides is 1. The molecule has 0 unspecified atom stereocenters. The average Bonchev–Trinajstić information content (AvgIpc) is 2.92. The molecule has 1 aromatic rings. The first-order valence-corrected chi connectivity index (χ1v) is 6.97. The maximum atomic E-state index is 12.5. The summed E-state index contributed by atoms with van der Waals surface area (Å²) < 4.78 is 42.8. The highest BCUT2D eigenvalue weighted by molar-refractivity contribution is 5.93. The second kappa shape index (κ2) is 6.47. The Hall–Kier alpha value is -1.56. The van der Waals surface area contributed by atoms with Crippen LogP contribution in [0, 0.1) is 5.92 Å². The predicted octanol–water partition coefficient (Wildman–Crippen LogP) is 3.48. The molecular formula is C15H18F3NO2. The van der Waals surface area contributed by atoms with E-state index < -0.39 is 11.7 Å². The van der Waals surface area contributed by atoms with Crippen LogP contribution in [0.25, 0.3) is 0 Å². The molecule has 21 heavy (non-hydrogen) atoms. The second-order valence-corrected chi connectivity index (χ2v) is 5.12. The number of carbonyl (C=O) groups is 1. The van der Waals surface area contributed by atoms with Gasteiger partial charge in [0.1, 0.15) is 0 Å². The van der Waals surface area contributed by atoms with Gasteiger partial charge in [0.25, 0.3) is 0 Å². The highest BCUT2D eigenvalue weighted by atomic mass is 19.4. The Labute approximate surface area is 121 Å². The van der Waals surface area contributed by atoms with E-state index in [1.807, 2.05) is 0 Å². The van der Waals surface area contributed by atoms with Crippen LogP contribution in [0.3, 0.4) is 0 Å². The van der Waals surface area contributed by atoms with Gasteiger partial charge in [-0.05, 0) is 43.5 Å². The van der Waals surface area contributed by atoms with Crippen molar-refractivity contribution >= 4 is 11.6 Å². The van der Waals surface area contributed by atoms with Crippen LogP contribution in [0.5, 0.6) is 0 Å². The molecule has 1 aromatic carbocycles. The van der Waals surface area contributed by atoms with Crippen LogP contribution in [-0.2, 0) is 15.7 Å². The third kappa shape index (κ3) is 3.97. The van der Waals surface area contributed by atoms with Crippen LogP contribution in [0.4, 0.5) is 18.9 Å². The van der Waals surface area contributed by atoms with Crippen molar-refractivity contribution in [1.82, 2.24) is 0 Å². The number of ether oxygens (including phenoxy) is 1. The quantitative estimate of drug-likeness (QED) is 0.852. The standard InChI is InChI=1S/C15H18F3NO2/c1-2-19(14(20)9-11-7-8-21-10-11)13-5-3-12(4-6-13)15(16,17)18/h3-6,11H,2,7-10H2,1H3/t11-/m0/s1. The van der Waals surface area contributed by atoms with Crippen molar-refractivity contribution in [1.29, 1.82) is 0 Å². The molecule has 1 fully saturated rings. The maximum absolute atomic E-state index is 12.5. The van der Waals surface area contributed by atoms with Crippen molar-refractivity contribution in [3.63, 3.8) is 0 Å². The molecular weight excluding hydrogens is 283 g/mol. The van der Waals surface area contributed by atoms with Gasteiger partial charge in [-0.2, -0.15) is 13.2 Å². The Balaban J connectivity index is 2.07. The van der Waals surface area contributed by atoms with Gasteiger partial charge in [-0.15, -0.1) is 0 Å². The fraction of sp³-hybridized carbons (Fsp3) is 0.533. The molecule has 0 saturated carbocycles. The minimum atomic E-state index is -4.36. The molecule has 0 bridgehead atoms. The van der Waals surface area contributed by atoms with Gasteiger partial charge in [-0.1, -0.05) is 0 Å². The first kappa shape index (κ1) is 15.8. The molecule has 6 heteroatoms. The Morgan fingerprint density at radius 2 is 2.00 bits per heavy atom. The molecule has 1 amide bonds. The van der Waals surface area contributed by atoms with Crippen molar-refractivity contribution in [3.8, 4) is 0 Å². The molecule has 2 rings (SSSR count). The van der Waals surface area contributed by atoms with E-state index in [1.54, 1.807) is 6.92 Å². The third-order valence-corrected chi connectivity index (χ3v) is 3.61. The van der Waals surface area contributed by atoms with Crippen LogP contribution >= 0.6 is 0 Å². The van der Waals surface area contributed by atoms with Crippen LogP contribution in [0.2, 0.25) is 0 Å².